The molecule has 2 aromatic carbocycles. The summed E-state index contributed by atoms with van der Waals surface area (Å²) >= 11 is 0. The first kappa shape index (κ1) is 18.7. The Hall–Kier alpha value is -2.61. The molecule has 148 valence electrons. The van der Waals surface area contributed by atoms with Gasteiger partial charge < -0.3 is 19.9 Å². The van der Waals surface area contributed by atoms with Crippen LogP contribution >= 0.6 is 0 Å². The maximum absolute atomic E-state index is 12.7. The second kappa shape index (κ2) is 8.18. The van der Waals surface area contributed by atoms with Gasteiger partial charge in [0, 0.05) is 6.42 Å². The lowest BCUT2D eigenvalue weighted by Crippen LogP contribution is -2.46. The molecule has 4 N–H and O–H groups in total. The van der Waals surface area contributed by atoms with Gasteiger partial charge in [-0.05, 0) is 29.7 Å². The highest BCUT2D eigenvalue weighted by atomic mass is 16.5. The van der Waals surface area contributed by atoms with E-state index in [0.29, 0.717) is 30.9 Å². The highest BCUT2D eigenvalue weighted by Gasteiger charge is 2.36. The van der Waals surface area contributed by atoms with Crippen LogP contribution in [0.4, 0.5) is 0 Å². The second-order valence-electron chi connectivity index (χ2n) is 7.19. The van der Waals surface area contributed by atoms with Gasteiger partial charge in [-0.25, -0.2) is 5.43 Å². The van der Waals surface area contributed by atoms with Gasteiger partial charge in [0.25, 0.3) is 0 Å². The number of nitrogens with one attached hydrogen (secondary N) is 3. The van der Waals surface area contributed by atoms with Gasteiger partial charge in [-0.3, -0.25) is 10.2 Å². The van der Waals surface area contributed by atoms with E-state index in [1.165, 1.54) is 0 Å². The minimum Gasteiger partial charge on any atom is -0.493 e. The number of rotatable bonds is 6. The van der Waals surface area contributed by atoms with Crippen molar-refractivity contribution in [2.75, 3.05) is 13.7 Å². The zero-order chi connectivity index (χ0) is 19.5. The lowest BCUT2D eigenvalue weighted by Gasteiger charge is -2.20. The van der Waals surface area contributed by atoms with E-state index < -0.39 is 6.10 Å². The van der Waals surface area contributed by atoms with Gasteiger partial charge in [-0.1, -0.05) is 36.4 Å². The molecule has 2 aromatic rings. The van der Waals surface area contributed by atoms with Crippen LogP contribution in [-0.2, 0) is 11.2 Å². The molecule has 0 spiro atoms. The fourth-order valence-corrected chi connectivity index (χ4v) is 3.83. The first-order valence-electron chi connectivity index (χ1n) is 9.49. The summed E-state index contributed by atoms with van der Waals surface area (Å²) in [6, 6.07) is 14.5. The van der Waals surface area contributed by atoms with E-state index >= 15 is 0 Å². The summed E-state index contributed by atoms with van der Waals surface area (Å²) in [6.07, 6.45) is 0.554. The number of benzene rings is 2. The zero-order valence-electron chi connectivity index (χ0n) is 15.7. The fraction of sp³-hybridized carbons (Fsp3) is 0.381. The van der Waals surface area contributed by atoms with Crippen molar-refractivity contribution in [3.8, 4) is 11.5 Å². The van der Waals surface area contributed by atoms with Crippen molar-refractivity contribution >= 4 is 5.91 Å². The third-order valence-corrected chi connectivity index (χ3v) is 5.31. The van der Waals surface area contributed by atoms with E-state index in [0.717, 1.165) is 11.1 Å². The van der Waals surface area contributed by atoms with Crippen LogP contribution in [0.5, 0.6) is 11.5 Å². The van der Waals surface area contributed by atoms with Gasteiger partial charge in [-0.2, -0.15) is 0 Å². The van der Waals surface area contributed by atoms with E-state index in [1.807, 2.05) is 48.5 Å². The minimum atomic E-state index is -0.597. The molecule has 28 heavy (non-hydrogen) atoms. The highest BCUT2D eigenvalue weighted by molar-refractivity contribution is 5.82. The van der Waals surface area contributed by atoms with Crippen molar-refractivity contribution in [3.63, 3.8) is 0 Å². The molecule has 0 bridgehead atoms. The number of carbonyl (C=O) groups is 1. The predicted octanol–water partition coefficient (Wildman–Crippen LogP) is 1.08. The fourth-order valence-electron chi connectivity index (χ4n) is 3.83. The van der Waals surface area contributed by atoms with E-state index in [2.05, 4.69) is 16.2 Å². The number of aliphatic hydroxyl groups is 1. The molecule has 0 saturated carbocycles. The van der Waals surface area contributed by atoms with E-state index in [9.17, 15) is 9.90 Å². The molecule has 7 heteroatoms. The molecular weight excluding hydrogens is 358 g/mol. The van der Waals surface area contributed by atoms with Crippen LogP contribution < -0.4 is 25.6 Å². The molecule has 1 aliphatic carbocycles. The molecule has 4 rings (SSSR count). The lowest BCUT2D eigenvalue weighted by atomic mass is 10.1. The normalized spacial score (nSPS) is 25.9. The molecule has 1 saturated heterocycles. The second-order valence-corrected chi connectivity index (χ2v) is 7.19. The number of aliphatic hydroxyl groups excluding tert-OH is 1. The number of fused-ring (bicyclic) bond motifs is 1. The van der Waals surface area contributed by atoms with E-state index in [4.69, 9.17) is 9.47 Å². The molecule has 1 aliphatic heterocycles. The lowest BCUT2D eigenvalue weighted by molar-refractivity contribution is -0.124. The third-order valence-electron chi connectivity index (χ3n) is 5.31. The van der Waals surface area contributed by atoms with Crippen molar-refractivity contribution in [1.29, 1.82) is 0 Å². The van der Waals surface area contributed by atoms with Gasteiger partial charge >= 0.3 is 0 Å². The Labute approximate surface area is 164 Å². The predicted molar refractivity (Wildman–Crippen MR) is 104 cm³/mol. The molecule has 1 heterocycles. The standard InChI is InChI=1S/C21H25N3O4/c1-27-18-8-4-5-9-19(18)28-12-14-11-16(24-23-14)21(26)22-20-15-7-3-2-6-13(15)10-17(20)25/h2-9,14,16-17,20,23-25H,10-12H2,1H3,(H,22,26)/t14?,16?,17-,20+/m0/s1. The van der Waals surface area contributed by atoms with Crippen molar-refractivity contribution in [1.82, 2.24) is 16.2 Å². The monoisotopic (exact) mass is 383 g/mol. The minimum absolute atomic E-state index is 0.0125. The highest BCUT2D eigenvalue weighted by Crippen LogP contribution is 2.31. The average Bonchev–Trinajstić information content (AvgIpc) is 3.31. The molecule has 7 nitrogen and oxygen atoms in total. The smallest absolute Gasteiger partial charge is 0.239 e. The van der Waals surface area contributed by atoms with Crippen LogP contribution in [0.3, 0.4) is 0 Å². The van der Waals surface area contributed by atoms with Gasteiger partial charge in [0.2, 0.25) is 5.91 Å². The van der Waals surface area contributed by atoms with Crippen molar-refractivity contribution in [2.45, 2.75) is 37.1 Å². The summed E-state index contributed by atoms with van der Waals surface area (Å²) in [6.45, 7) is 0.409. The summed E-state index contributed by atoms with van der Waals surface area (Å²) in [7, 11) is 1.60. The van der Waals surface area contributed by atoms with Crippen molar-refractivity contribution in [3.05, 3.63) is 59.7 Å². The van der Waals surface area contributed by atoms with Crippen molar-refractivity contribution in [2.24, 2.45) is 0 Å². The first-order valence-corrected chi connectivity index (χ1v) is 9.49. The summed E-state index contributed by atoms with van der Waals surface area (Å²) < 4.78 is 11.1. The Morgan fingerprint density at radius 1 is 1.14 bits per heavy atom. The van der Waals surface area contributed by atoms with Crippen LogP contribution in [0.1, 0.15) is 23.6 Å². The number of methoxy groups -OCH3 is 1. The van der Waals surface area contributed by atoms with Crippen LogP contribution in [0.25, 0.3) is 0 Å². The summed E-state index contributed by atoms with van der Waals surface area (Å²) in [5.74, 6) is 1.22. The largest absolute Gasteiger partial charge is 0.493 e. The summed E-state index contributed by atoms with van der Waals surface area (Å²) in [5, 5.41) is 13.3. The summed E-state index contributed by atoms with van der Waals surface area (Å²) in [5.41, 5.74) is 8.22. The number of carbonyl (C=O) groups excluding carboxylic acids is 1. The van der Waals surface area contributed by atoms with Crippen LogP contribution in [0.2, 0.25) is 0 Å². The number of ether oxygens (including phenoxy) is 2. The number of hydrogen-bond donors (Lipinski definition) is 4. The molecular formula is C21H25N3O4. The van der Waals surface area contributed by atoms with Gasteiger partial charge in [0.1, 0.15) is 12.6 Å². The maximum Gasteiger partial charge on any atom is 0.239 e. The quantitative estimate of drug-likeness (QED) is 0.597. The molecule has 1 amide bonds. The summed E-state index contributed by atoms with van der Waals surface area (Å²) in [4.78, 5) is 12.7. The van der Waals surface area contributed by atoms with Gasteiger partial charge in [0.05, 0.1) is 25.3 Å². The molecule has 1 fully saturated rings. The van der Waals surface area contributed by atoms with E-state index in [1.54, 1.807) is 7.11 Å². The van der Waals surface area contributed by atoms with Gasteiger partial charge in [-0.15, -0.1) is 0 Å². The van der Waals surface area contributed by atoms with Crippen LogP contribution in [0.15, 0.2) is 48.5 Å². The number of hydrazine groups is 1. The Morgan fingerprint density at radius 3 is 2.71 bits per heavy atom. The molecule has 0 aromatic heterocycles. The van der Waals surface area contributed by atoms with E-state index in [-0.39, 0.29) is 24.0 Å². The molecule has 2 aliphatic rings. The SMILES string of the molecule is COc1ccccc1OCC1CC(C(=O)N[C@@H]2c3ccccc3C[C@@H]2O)NN1. The Kier molecular flexibility index (Phi) is 5.47. The molecule has 4 atom stereocenters. The number of amides is 1. The first-order chi connectivity index (χ1) is 13.7. The van der Waals surface area contributed by atoms with Gasteiger partial charge in [0.15, 0.2) is 11.5 Å². The molecule has 0 radical (unpaired) electrons. The average molecular weight is 383 g/mol. The zero-order valence-corrected chi connectivity index (χ0v) is 15.7. The Bertz CT molecular complexity index is 844. The Balaban J connectivity index is 1.31. The molecule has 2 unspecified atom stereocenters. The third kappa shape index (κ3) is 3.82. The van der Waals surface area contributed by atoms with Crippen LogP contribution in [-0.4, -0.2) is 42.9 Å². The van der Waals surface area contributed by atoms with Crippen LogP contribution in [0, 0.1) is 0 Å². The topological polar surface area (TPSA) is 91.9 Å². The number of para-hydroxylation sites is 2. The number of hydrogen-bond acceptors (Lipinski definition) is 6. The van der Waals surface area contributed by atoms with Crippen molar-refractivity contribution < 1.29 is 19.4 Å². The maximum atomic E-state index is 12.7. The Morgan fingerprint density at radius 2 is 1.89 bits per heavy atom.